The first-order valence-corrected chi connectivity index (χ1v) is 12.6. The summed E-state index contributed by atoms with van der Waals surface area (Å²) in [6.07, 6.45) is 0. The average Bonchev–Trinajstić information content (AvgIpc) is 2.79. The SMILES string of the molecule is COc1ccccc1NS(=O)(=O)c1ccc(C(=O)Nc2cccc(S(=O)(=O)N(C)C)c2)cc1. The van der Waals surface area contributed by atoms with Gasteiger partial charge in [-0.05, 0) is 54.6 Å². The molecule has 33 heavy (non-hydrogen) atoms. The topological polar surface area (TPSA) is 122 Å². The molecule has 0 heterocycles. The lowest BCUT2D eigenvalue weighted by Crippen LogP contribution is -2.22. The summed E-state index contributed by atoms with van der Waals surface area (Å²) in [7, 11) is -3.30. The number of carbonyl (C=O) groups is 1. The Hall–Kier alpha value is -3.41. The zero-order valence-electron chi connectivity index (χ0n) is 18.1. The molecule has 0 bridgehead atoms. The molecule has 0 aliphatic heterocycles. The van der Waals surface area contributed by atoms with Gasteiger partial charge in [-0.25, -0.2) is 21.1 Å². The normalized spacial score (nSPS) is 11.8. The minimum absolute atomic E-state index is 0.0363. The third-order valence-corrected chi connectivity index (χ3v) is 7.84. The fraction of sp³-hybridized carbons (Fsp3) is 0.136. The molecule has 11 heteroatoms. The molecule has 0 saturated heterocycles. The van der Waals surface area contributed by atoms with E-state index in [2.05, 4.69) is 10.0 Å². The van der Waals surface area contributed by atoms with E-state index in [1.807, 2.05) is 0 Å². The molecule has 0 radical (unpaired) electrons. The van der Waals surface area contributed by atoms with Gasteiger partial charge in [0.2, 0.25) is 10.0 Å². The Morgan fingerprint density at radius 2 is 1.52 bits per heavy atom. The maximum absolute atomic E-state index is 12.7. The Kier molecular flexibility index (Phi) is 7.06. The molecule has 0 saturated carbocycles. The fourth-order valence-electron chi connectivity index (χ4n) is 2.87. The first kappa shape index (κ1) is 24.2. The first-order valence-electron chi connectivity index (χ1n) is 9.64. The van der Waals surface area contributed by atoms with Gasteiger partial charge in [0.1, 0.15) is 5.75 Å². The Labute approximate surface area is 193 Å². The number of methoxy groups -OCH3 is 1. The molecule has 0 aliphatic rings. The van der Waals surface area contributed by atoms with Crippen molar-refractivity contribution in [2.45, 2.75) is 9.79 Å². The molecular formula is C22H23N3O6S2. The lowest BCUT2D eigenvalue weighted by atomic mass is 10.2. The maximum atomic E-state index is 12.7. The summed E-state index contributed by atoms with van der Waals surface area (Å²) < 4.78 is 58.7. The van der Waals surface area contributed by atoms with Gasteiger partial charge in [0, 0.05) is 25.3 Å². The number of sulfonamides is 2. The molecule has 3 rings (SSSR count). The summed E-state index contributed by atoms with van der Waals surface area (Å²) in [6, 6.07) is 17.8. The Morgan fingerprint density at radius 3 is 2.15 bits per heavy atom. The number of hydrogen-bond acceptors (Lipinski definition) is 6. The molecule has 3 aromatic rings. The molecule has 0 unspecified atom stereocenters. The van der Waals surface area contributed by atoms with Gasteiger partial charge in [-0.3, -0.25) is 9.52 Å². The summed E-state index contributed by atoms with van der Waals surface area (Å²) in [4.78, 5) is 12.6. The molecule has 0 aromatic heterocycles. The van der Waals surface area contributed by atoms with Crippen molar-refractivity contribution in [3.63, 3.8) is 0 Å². The highest BCUT2D eigenvalue weighted by Gasteiger charge is 2.19. The summed E-state index contributed by atoms with van der Waals surface area (Å²) in [5.74, 6) is -0.147. The van der Waals surface area contributed by atoms with Crippen LogP contribution < -0.4 is 14.8 Å². The van der Waals surface area contributed by atoms with Crippen molar-refractivity contribution in [3.8, 4) is 5.75 Å². The van der Waals surface area contributed by atoms with Crippen molar-refractivity contribution >= 4 is 37.3 Å². The quantitative estimate of drug-likeness (QED) is 0.502. The van der Waals surface area contributed by atoms with Gasteiger partial charge in [-0.1, -0.05) is 18.2 Å². The molecule has 174 valence electrons. The van der Waals surface area contributed by atoms with Gasteiger partial charge < -0.3 is 10.1 Å². The van der Waals surface area contributed by atoms with Crippen molar-refractivity contribution in [2.24, 2.45) is 0 Å². The highest BCUT2D eigenvalue weighted by atomic mass is 32.2. The Bertz CT molecular complexity index is 1370. The van der Waals surface area contributed by atoms with E-state index in [-0.39, 0.29) is 26.7 Å². The van der Waals surface area contributed by atoms with Gasteiger partial charge in [-0.2, -0.15) is 0 Å². The molecular weight excluding hydrogens is 466 g/mol. The van der Waals surface area contributed by atoms with Gasteiger partial charge in [-0.15, -0.1) is 0 Å². The molecule has 9 nitrogen and oxygen atoms in total. The number of para-hydroxylation sites is 2. The fourth-order valence-corrected chi connectivity index (χ4v) is 4.88. The molecule has 2 N–H and O–H groups in total. The van der Waals surface area contributed by atoms with Crippen LogP contribution in [0.4, 0.5) is 11.4 Å². The van der Waals surface area contributed by atoms with Crippen LogP contribution in [0.3, 0.4) is 0 Å². The number of rotatable bonds is 8. The number of carbonyl (C=O) groups excluding carboxylic acids is 1. The molecule has 0 aliphatic carbocycles. The standard InChI is InChI=1S/C22H23N3O6S2/c1-25(2)33(29,30)19-8-6-7-17(15-19)23-22(26)16-11-13-18(14-12-16)32(27,28)24-20-9-4-5-10-21(20)31-3/h4-15,24H,1-3H3,(H,23,26). The lowest BCUT2D eigenvalue weighted by Gasteiger charge is -2.13. The lowest BCUT2D eigenvalue weighted by molar-refractivity contribution is 0.102. The number of amides is 1. The molecule has 0 spiro atoms. The van der Waals surface area contributed by atoms with E-state index < -0.39 is 26.0 Å². The number of hydrogen-bond donors (Lipinski definition) is 2. The van der Waals surface area contributed by atoms with Crippen molar-refractivity contribution in [2.75, 3.05) is 31.2 Å². The minimum Gasteiger partial charge on any atom is -0.495 e. The van der Waals surface area contributed by atoms with Gasteiger partial charge in [0.05, 0.1) is 22.6 Å². The smallest absolute Gasteiger partial charge is 0.262 e. The summed E-state index contributed by atoms with van der Waals surface area (Å²) in [6.45, 7) is 0. The number of nitrogens with one attached hydrogen (secondary N) is 2. The molecule has 3 aromatic carbocycles. The van der Waals surface area contributed by atoms with Crippen LogP contribution in [-0.4, -0.2) is 48.3 Å². The van der Waals surface area contributed by atoms with Crippen LogP contribution in [-0.2, 0) is 20.0 Å². The zero-order chi connectivity index (χ0) is 24.2. The summed E-state index contributed by atoms with van der Waals surface area (Å²) >= 11 is 0. The number of nitrogens with zero attached hydrogens (tertiary/aromatic N) is 1. The van der Waals surface area contributed by atoms with E-state index in [9.17, 15) is 21.6 Å². The third-order valence-electron chi connectivity index (χ3n) is 4.65. The second-order valence-corrected chi connectivity index (χ2v) is 10.9. The molecule has 1 amide bonds. The van der Waals surface area contributed by atoms with Crippen molar-refractivity contribution in [1.29, 1.82) is 0 Å². The predicted octanol–water partition coefficient (Wildman–Crippen LogP) is 3.00. The van der Waals surface area contributed by atoms with E-state index in [1.54, 1.807) is 30.3 Å². The van der Waals surface area contributed by atoms with Crippen molar-refractivity contribution < 1.29 is 26.4 Å². The highest BCUT2D eigenvalue weighted by Crippen LogP contribution is 2.26. The monoisotopic (exact) mass is 489 g/mol. The third kappa shape index (κ3) is 5.51. The summed E-state index contributed by atoms with van der Waals surface area (Å²) in [5.41, 5.74) is 0.777. The van der Waals surface area contributed by atoms with Gasteiger partial charge >= 0.3 is 0 Å². The van der Waals surface area contributed by atoms with Gasteiger partial charge in [0.25, 0.3) is 15.9 Å². The average molecular weight is 490 g/mol. The number of anilines is 2. The Balaban J connectivity index is 1.77. The zero-order valence-corrected chi connectivity index (χ0v) is 19.8. The van der Waals surface area contributed by atoms with Crippen LogP contribution in [0.2, 0.25) is 0 Å². The van der Waals surface area contributed by atoms with E-state index in [1.165, 1.54) is 63.7 Å². The van der Waals surface area contributed by atoms with Crippen LogP contribution in [0.1, 0.15) is 10.4 Å². The molecule has 0 fully saturated rings. The predicted molar refractivity (Wildman–Crippen MR) is 126 cm³/mol. The van der Waals surface area contributed by atoms with Crippen LogP contribution in [0.5, 0.6) is 5.75 Å². The van der Waals surface area contributed by atoms with E-state index >= 15 is 0 Å². The first-order chi connectivity index (χ1) is 15.5. The van der Waals surface area contributed by atoms with Crippen LogP contribution >= 0.6 is 0 Å². The van der Waals surface area contributed by atoms with E-state index in [0.717, 1.165) is 4.31 Å². The van der Waals surface area contributed by atoms with Crippen molar-refractivity contribution in [1.82, 2.24) is 4.31 Å². The second-order valence-electron chi connectivity index (χ2n) is 7.10. The summed E-state index contributed by atoms with van der Waals surface area (Å²) in [5, 5.41) is 2.62. The number of benzene rings is 3. The van der Waals surface area contributed by atoms with Crippen LogP contribution in [0.25, 0.3) is 0 Å². The maximum Gasteiger partial charge on any atom is 0.262 e. The molecule has 0 atom stereocenters. The van der Waals surface area contributed by atoms with Crippen LogP contribution in [0, 0.1) is 0 Å². The highest BCUT2D eigenvalue weighted by molar-refractivity contribution is 7.92. The van der Waals surface area contributed by atoms with E-state index in [0.29, 0.717) is 5.75 Å². The van der Waals surface area contributed by atoms with Crippen LogP contribution in [0.15, 0.2) is 82.6 Å². The second kappa shape index (κ2) is 9.61. The van der Waals surface area contributed by atoms with E-state index in [4.69, 9.17) is 4.74 Å². The van der Waals surface area contributed by atoms with Crippen molar-refractivity contribution in [3.05, 3.63) is 78.4 Å². The van der Waals surface area contributed by atoms with Gasteiger partial charge in [0.15, 0.2) is 0 Å². The number of ether oxygens (including phenoxy) is 1. The Morgan fingerprint density at radius 1 is 0.848 bits per heavy atom. The minimum atomic E-state index is -3.91. The largest absolute Gasteiger partial charge is 0.495 e.